The summed E-state index contributed by atoms with van der Waals surface area (Å²) in [5.41, 5.74) is 1.15. The number of benzene rings is 1. The molecule has 1 fully saturated rings. The predicted octanol–water partition coefficient (Wildman–Crippen LogP) is 3.28. The minimum absolute atomic E-state index is 0.137. The summed E-state index contributed by atoms with van der Waals surface area (Å²) in [7, 11) is 1.57. The van der Waals surface area contributed by atoms with Gasteiger partial charge in [0.2, 0.25) is 0 Å². The molecule has 0 aromatic heterocycles. The molecular formula is C14H20Br2N2O2. The third-order valence-electron chi connectivity index (χ3n) is 3.73. The van der Waals surface area contributed by atoms with Gasteiger partial charge in [0.15, 0.2) is 11.5 Å². The van der Waals surface area contributed by atoms with Crippen molar-refractivity contribution in [1.29, 1.82) is 0 Å². The maximum Gasteiger partial charge on any atom is 0.173 e. The maximum atomic E-state index is 10.0. The first-order valence-electron chi connectivity index (χ1n) is 6.79. The van der Waals surface area contributed by atoms with Gasteiger partial charge in [0.25, 0.3) is 0 Å². The van der Waals surface area contributed by atoms with E-state index in [1.54, 1.807) is 7.11 Å². The maximum absolute atomic E-state index is 10.0. The molecule has 2 N–H and O–H groups in total. The molecular weight excluding hydrogens is 388 g/mol. The van der Waals surface area contributed by atoms with Crippen molar-refractivity contribution in [2.24, 2.45) is 0 Å². The van der Waals surface area contributed by atoms with E-state index in [-0.39, 0.29) is 5.75 Å². The zero-order chi connectivity index (χ0) is 14.7. The molecule has 4 nitrogen and oxygen atoms in total. The molecule has 0 amide bonds. The number of phenols is 1. The van der Waals surface area contributed by atoms with E-state index in [2.05, 4.69) is 49.0 Å². The highest BCUT2D eigenvalue weighted by atomic mass is 79.9. The minimum Gasteiger partial charge on any atom is -0.503 e. The van der Waals surface area contributed by atoms with Crippen LogP contribution in [-0.2, 0) is 0 Å². The van der Waals surface area contributed by atoms with Gasteiger partial charge in [-0.15, -0.1) is 0 Å². The SMILES string of the molecule is CC[C@@H](c1cc(OC)c(O)c(Br)c1Br)N1CCNCC1. The molecule has 2 rings (SSSR count). The van der Waals surface area contributed by atoms with Crippen LogP contribution in [-0.4, -0.2) is 43.3 Å². The molecule has 1 aromatic carbocycles. The number of ether oxygens (including phenoxy) is 1. The van der Waals surface area contributed by atoms with Gasteiger partial charge in [0, 0.05) is 36.7 Å². The Morgan fingerprint density at radius 2 is 2.00 bits per heavy atom. The lowest BCUT2D eigenvalue weighted by Crippen LogP contribution is -2.45. The number of piperazine rings is 1. The van der Waals surface area contributed by atoms with E-state index in [0.717, 1.165) is 42.6 Å². The summed E-state index contributed by atoms with van der Waals surface area (Å²) in [4.78, 5) is 2.47. The van der Waals surface area contributed by atoms with Crippen molar-refractivity contribution < 1.29 is 9.84 Å². The Hall–Kier alpha value is -0.300. The van der Waals surface area contributed by atoms with Crippen LogP contribution in [0.3, 0.4) is 0 Å². The number of aromatic hydroxyl groups is 1. The number of rotatable bonds is 4. The molecule has 1 saturated heterocycles. The van der Waals surface area contributed by atoms with Crippen LogP contribution in [0.4, 0.5) is 0 Å². The second kappa shape index (κ2) is 7.11. The molecule has 0 bridgehead atoms. The minimum atomic E-state index is 0.137. The average Bonchev–Trinajstić information content (AvgIpc) is 2.49. The molecule has 0 aliphatic carbocycles. The molecule has 112 valence electrons. The van der Waals surface area contributed by atoms with Gasteiger partial charge in [-0.1, -0.05) is 6.92 Å². The number of nitrogens with one attached hydrogen (secondary N) is 1. The monoisotopic (exact) mass is 406 g/mol. The fourth-order valence-electron chi connectivity index (χ4n) is 2.68. The van der Waals surface area contributed by atoms with Gasteiger partial charge in [-0.2, -0.15) is 0 Å². The van der Waals surface area contributed by atoms with Gasteiger partial charge in [-0.05, 0) is 49.9 Å². The first-order chi connectivity index (χ1) is 9.60. The smallest absolute Gasteiger partial charge is 0.173 e. The molecule has 0 saturated carbocycles. The van der Waals surface area contributed by atoms with Crippen LogP contribution in [0, 0.1) is 0 Å². The highest BCUT2D eigenvalue weighted by molar-refractivity contribution is 9.13. The van der Waals surface area contributed by atoms with Crippen molar-refractivity contribution in [2.75, 3.05) is 33.3 Å². The summed E-state index contributed by atoms with van der Waals surface area (Å²) in [6, 6.07) is 2.25. The second-order valence-electron chi connectivity index (χ2n) is 4.85. The van der Waals surface area contributed by atoms with Crippen LogP contribution in [0.1, 0.15) is 24.9 Å². The van der Waals surface area contributed by atoms with Crippen molar-refractivity contribution in [3.63, 3.8) is 0 Å². The molecule has 1 aliphatic rings. The van der Waals surface area contributed by atoms with Crippen molar-refractivity contribution >= 4 is 31.9 Å². The van der Waals surface area contributed by atoms with Crippen LogP contribution in [0.5, 0.6) is 11.5 Å². The fourth-order valence-corrected chi connectivity index (χ4v) is 3.67. The van der Waals surface area contributed by atoms with Crippen molar-refractivity contribution in [2.45, 2.75) is 19.4 Å². The molecule has 1 aromatic rings. The fraction of sp³-hybridized carbons (Fsp3) is 0.571. The number of methoxy groups -OCH3 is 1. The molecule has 1 atom stereocenters. The van der Waals surface area contributed by atoms with Crippen molar-refractivity contribution in [3.8, 4) is 11.5 Å². The standard InChI is InChI=1S/C14H20Br2N2O2/c1-3-10(18-6-4-17-5-7-18)9-8-11(20-2)14(19)13(16)12(9)15/h8,10,17,19H,3-7H2,1-2H3/t10-/m0/s1. The number of hydrogen-bond acceptors (Lipinski definition) is 4. The highest BCUT2D eigenvalue weighted by Gasteiger charge is 2.25. The molecule has 0 radical (unpaired) electrons. The molecule has 0 unspecified atom stereocenters. The lowest BCUT2D eigenvalue weighted by Gasteiger charge is -2.35. The number of hydrogen-bond donors (Lipinski definition) is 2. The Morgan fingerprint density at radius 3 is 2.55 bits per heavy atom. The number of halogens is 2. The van der Waals surface area contributed by atoms with Crippen LogP contribution < -0.4 is 10.1 Å². The van der Waals surface area contributed by atoms with Crippen LogP contribution in [0.2, 0.25) is 0 Å². The first-order valence-corrected chi connectivity index (χ1v) is 8.38. The van der Waals surface area contributed by atoms with Gasteiger partial charge in [0.1, 0.15) is 0 Å². The normalized spacial score (nSPS) is 18.0. The summed E-state index contributed by atoms with van der Waals surface area (Å²) in [6.45, 7) is 6.29. The Bertz CT molecular complexity index is 477. The Morgan fingerprint density at radius 1 is 1.35 bits per heavy atom. The van der Waals surface area contributed by atoms with Gasteiger partial charge in [0.05, 0.1) is 11.6 Å². The topological polar surface area (TPSA) is 44.7 Å². The van der Waals surface area contributed by atoms with Gasteiger partial charge >= 0.3 is 0 Å². The van der Waals surface area contributed by atoms with E-state index in [4.69, 9.17) is 4.74 Å². The van der Waals surface area contributed by atoms with Gasteiger partial charge in [-0.3, -0.25) is 4.90 Å². The van der Waals surface area contributed by atoms with E-state index in [9.17, 15) is 5.11 Å². The molecule has 0 spiro atoms. The summed E-state index contributed by atoms with van der Waals surface area (Å²) in [6.07, 6.45) is 1.01. The third kappa shape index (κ3) is 3.13. The Kier molecular flexibility index (Phi) is 5.72. The van der Waals surface area contributed by atoms with Gasteiger partial charge < -0.3 is 15.2 Å². The zero-order valence-corrected chi connectivity index (χ0v) is 14.9. The molecule has 20 heavy (non-hydrogen) atoms. The van der Waals surface area contributed by atoms with E-state index in [1.165, 1.54) is 0 Å². The van der Waals surface area contributed by atoms with E-state index >= 15 is 0 Å². The molecule has 1 aliphatic heterocycles. The van der Waals surface area contributed by atoms with Crippen molar-refractivity contribution in [1.82, 2.24) is 10.2 Å². The summed E-state index contributed by atoms with van der Waals surface area (Å²) in [5.74, 6) is 0.641. The van der Waals surface area contributed by atoms with Crippen molar-refractivity contribution in [3.05, 3.63) is 20.6 Å². The molecule has 1 heterocycles. The first kappa shape index (κ1) is 16.1. The van der Waals surface area contributed by atoms with Crippen LogP contribution >= 0.6 is 31.9 Å². The summed E-state index contributed by atoms with van der Waals surface area (Å²) >= 11 is 7.03. The summed E-state index contributed by atoms with van der Waals surface area (Å²) in [5, 5.41) is 13.4. The average molecular weight is 408 g/mol. The summed E-state index contributed by atoms with van der Waals surface area (Å²) < 4.78 is 6.83. The largest absolute Gasteiger partial charge is 0.503 e. The second-order valence-corrected chi connectivity index (χ2v) is 6.44. The lowest BCUT2D eigenvalue weighted by molar-refractivity contribution is 0.168. The molecule has 6 heteroatoms. The van der Waals surface area contributed by atoms with Crippen LogP contribution in [0.25, 0.3) is 0 Å². The number of phenolic OH excluding ortho intramolecular Hbond substituents is 1. The Balaban J connectivity index is 2.40. The Labute approximate surface area is 136 Å². The van der Waals surface area contributed by atoms with E-state index in [0.29, 0.717) is 16.3 Å². The van der Waals surface area contributed by atoms with Crippen LogP contribution in [0.15, 0.2) is 15.0 Å². The lowest BCUT2D eigenvalue weighted by atomic mass is 10.0. The predicted molar refractivity (Wildman–Crippen MR) is 87.5 cm³/mol. The zero-order valence-electron chi connectivity index (χ0n) is 11.7. The van der Waals surface area contributed by atoms with E-state index in [1.807, 2.05) is 6.07 Å². The van der Waals surface area contributed by atoms with Gasteiger partial charge in [-0.25, -0.2) is 0 Å². The number of nitrogens with zero attached hydrogens (tertiary/aromatic N) is 1. The third-order valence-corrected chi connectivity index (χ3v) is 5.89. The quantitative estimate of drug-likeness (QED) is 0.803. The highest BCUT2D eigenvalue weighted by Crippen LogP contribution is 2.45. The van der Waals surface area contributed by atoms with E-state index < -0.39 is 0 Å².